The molecule has 2 rings (SSSR count). The van der Waals surface area contributed by atoms with Gasteiger partial charge in [-0.3, -0.25) is 0 Å². The average molecular weight is 210 g/mol. The second kappa shape index (κ2) is 4.53. The first-order valence-corrected chi connectivity index (χ1v) is 5.25. The third-order valence-electron chi connectivity index (χ3n) is 2.75. The highest BCUT2D eigenvalue weighted by Gasteiger charge is 2.21. The molecular weight excluding hydrogens is 195 g/mol. The summed E-state index contributed by atoms with van der Waals surface area (Å²) in [6.45, 7) is 0. The molecule has 82 valence electrons. The van der Waals surface area contributed by atoms with Gasteiger partial charge in [0.05, 0.1) is 12.4 Å². The van der Waals surface area contributed by atoms with Gasteiger partial charge in [-0.25, -0.2) is 14.4 Å². The summed E-state index contributed by atoms with van der Waals surface area (Å²) >= 11 is 0. The van der Waals surface area contributed by atoms with Crippen LogP contribution in [0.25, 0.3) is 0 Å². The fourth-order valence-corrected chi connectivity index (χ4v) is 1.89. The number of aromatic nitrogens is 2. The Morgan fingerprint density at radius 3 is 2.60 bits per heavy atom. The lowest BCUT2D eigenvalue weighted by Crippen LogP contribution is -2.42. The summed E-state index contributed by atoms with van der Waals surface area (Å²) in [4.78, 5) is 7.71. The van der Waals surface area contributed by atoms with Crippen LogP contribution in [0.3, 0.4) is 0 Å². The van der Waals surface area contributed by atoms with Crippen LogP contribution in [0, 0.1) is 5.82 Å². The highest BCUT2D eigenvalue weighted by molar-refractivity contribution is 5.25. The Labute approximate surface area is 88.1 Å². The van der Waals surface area contributed by atoms with Crippen molar-refractivity contribution in [2.45, 2.75) is 37.8 Å². The number of rotatable bonds is 2. The van der Waals surface area contributed by atoms with Crippen molar-refractivity contribution in [1.82, 2.24) is 9.97 Å². The van der Waals surface area contributed by atoms with E-state index >= 15 is 0 Å². The second-order valence-electron chi connectivity index (χ2n) is 3.92. The van der Waals surface area contributed by atoms with E-state index in [1.54, 1.807) is 0 Å². The highest BCUT2D eigenvalue weighted by Crippen LogP contribution is 2.19. The van der Waals surface area contributed by atoms with Crippen molar-refractivity contribution >= 4 is 5.95 Å². The molecule has 0 amide bonds. The molecule has 0 spiro atoms. The Bertz CT molecular complexity index is 314. The van der Waals surface area contributed by atoms with Gasteiger partial charge >= 0.3 is 0 Å². The molecule has 2 atom stereocenters. The van der Waals surface area contributed by atoms with Crippen LogP contribution < -0.4 is 11.1 Å². The highest BCUT2D eigenvalue weighted by atomic mass is 19.1. The molecule has 5 heteroatoms. The molecule has 0 unspecified atom stereocenters. The van der Waals surface area contributed by atoms with Crippen molar-refractivity contribution in [3.05, 3.63) is 18.2 Å². The van der Waals surface area contributed by atoms with Crippen LogP contribution in [-0.2, 0) is 0 Å². The molecule has 3 N–H and O–H groups in total. The fourth-order valence-electron chi connectivity index (χ4n) is 1.89. The lowest BCUT2D eigenvalue weighted by Gasteiger charge is -2.29. The molecule has 0 bridgehead atoms. The van der Waals surface area contributed by atoms with Gasteiger partial charge in [-0.1, -0.05) is 12.8 Å². The van der Waals surface area contributed by atoms with E-state index < -0.39 is 5.82 Å². The first kappa shape index (κ1) is 10.3. The van der Waals surface area contributed by atoms with E-state index in [4.69, 9.17) is 5.73 Å². The van der Waals surface area contributed by atoms with E-state index in [-0.39, 0.29) is 12.1 Å². The Balaban J connectivity index is 1.98. The SMILES string of the molecule is N[C@@H]1CCCC[C@H]1Nc1ncc(F)cn1. The third-order valence-corrected chi connectivity index (χ3v) is 2.75. The second-order valence-corrected chi connectivity index (χ2v) is 3.92. The van der Waals surface area contributed by atoms with Gasteiger partial charge in [-0.2, -0.15) is 0 Å². The Morgan fingerprint density at radius 2 is 1.93 bits per heavy atom. The number of nitrogens with two attached hydrogens (primary N) is 1. The van der Waals surface area contributed by atoms with Crippen LogP contribution in [-0.4, -0.2) is 22.1 Å². The number of hydrogen-bond acceptors (Lipinski definition) is 4. The number of nitrogens with zero attached hydrogens (tertiary/aromatic N) is 2. The summed E-state index contributed by atoms with van der Waals surface area (Å²) in [5.74, 6) is 0.0345. The first-order chi connectivity index (χ1) is 7.25. The normalized spacial score (nSPS) is 26.3. The summed E-state index contributed by atoms with van der Waals surface area (Å²) in [7, 11) is 0. The van der Waals surface area contributed by atoms with Crippen molar-refractivity contribution in [3.8, 4) is 0 Å². The van der Waals surface area contributed by atoms with Crippen LogP contribution in [0.5, 0.6) is 0 Å². The number of hydrogen-bond donors (Lipinski definition) is 2. The van der Waals surface area contributed by atoms with Gasteiger partial charge < -0.3 is 11.1 Å². The molecule has 1 aromatic rings. The van der Waals surface area contributed by atoms with Gasteiger partial charge in [0.1, 0.15) is 0 Å². The van der Waals surface area contributed by atoms with Crippen LogP contribution in [0.2, 0.25) is 0 Å². The molecule has 1 heterocycles. The molecule has 4 nitrogen and oxygen atoms in total. The van der Waals surface area contributed by atoms with Gasteiger partial charge in [0, 0.05) is 12.1 Å². The molecule has 1 aliphatic rings. The summed E-state index contributed by atoms with van der Waals surface area (Å²) in [5.41, 5.74) is 5.96. The zero-order valence-electron chi connectivity index (χ0n) is 8.49. The van der Waals surface area contributed by atoms with Gasteiger partial charge in [-0.05, 0) is 12.8 Å². The summed E-state index contributed by atoms with van der Waals surface area (Å²) < 4.78 is 12.6. The summed E-state index contributed by atoms with van der Waals surface area (Å²) in [5, 5.41) is 3.14. The molecule has 1 aliphatic carbocycles. The maximum Gasteiger partial charge on any atom is 0.223 e. The molecule has 0 aliphatic heterocycles. The van der Waals surface area contributed by atoms with Crippen molar-refractivity contribution in [2.75, 3.05) is 5.32 Å². The van der Waals surface area contributed by atoms with E-state index in [0.29, 0.717) is 5.95 Å². The number of anilines is 1. The molecule has 1 fully saturated rings. The summed E-state index contributed by atoms with van der Waals surface area (Å²) in [6.07, 6.45) is 6.73. The molecule has 15 heavy (non-hydrogen) atoms. The zero-order valence-corrected chi connectivity index (χ0v) is 8.49. The van der Waals surface area contributed by atoms with Gasteiger partial charge in [0.15, 0.2) is 5.82 Å². The smallest absolute Gasteiger partial charge is 0.223 e. The Kier molecular flexibility index (Phi) is 3.11. The quantitative estimate of drug-likeness (QED) is 0.772. The first-order valence-electron chi connectivity index (χ1n) is 5.25. The maximum atomic E-state index is 12.6. The van der Waals surface area contributed by atoms with Gasteiger partial charge in [0.2, 0.25) is 5.95 Å². The molecule has 1 saturated carbocycles. The van der Waals surface area contributed by atoms with E-state index in [2.05, 4.69) is 15.3 Å². The average Bonchev–Trinajstić information content (AvgIpc) is 2.25. The number of halogens is 1. The van der Waals surface area contributed by atoms with Crippen LogP contribution in [0.1, 0.15) is 25.7 Å². The summed E-state index contributed by atoms with van der Waals surface area (Å²) in [6, 6.07) is 0.358. The van der Waals surface area contributed by atoms with E-state index in [1.165, 1.54) is 12.8 Å². The van der Waals surface area contributed by atoms with Gasteiger partial charge in [0.25, 0.3) is 0 Å². The minimum absolute atomic E-state index is 0.146. The Morgan fingerprint density at radius 1 is 1.27 bits per heavy atom. The zero-order chi connectivity index (χ0) is 10.7. The molecule has 0 saturated heterocycles. The monoisotopic (exact) mass is 210 g/mol. The van der Waals surface area contributed by atoms with Crippen molar-refractivity contribution in [2.24, 2.45) is 5.73 Å². The largest absolute Gasteiger partial charge is 0.350 e. The lowest BCUT2D eigenvalue weighted by molar-refractivity contribution is 0.402. The molecule has 0 aromatic carbocycles. The maximum absolute atomic E-state index is 12.6. The third kappa shape index (κ3) is 2.62. The lowest BCUT2D eigenvalue weighted by atomic mass is 9.91. The number of nitrogens with one attached hydrogen (secondary N) is 1. The van der Waals surface area contributed by atoms with Gasteiger partial charge in [-0.15, -0.1) is 0 Å². The van der Waals surface area contributed by atoms with Crippen LogP contribution in [0.15, 0.2) is 12.4 Å². The van der Waals surface area contributed by atoms with E-state index in [9.17, 15) is 4.39 Å². The minimum atomic E-state index is -0.423. The van der Waals surface area contributed by atoms with Crippen molar-refractivity contribution < 1.29 is 4.39 Å². The predicted molar refractivity (Wildman–Crippen MR) is 55.8 cm³/mol. The molecular formula is C10H15FN4. The van der Waals surface area contributed by atoms with Crippen LogP contribution >= 0.6 is 0 Å². The molecule has 0 radical (unpaired) electrons. The van der Waals surface area contributed by atoms with E-state index in [0.717, 1.165) is 25.2 Å². The van der Waals surface area contributed by atoms with Crippen molar-refractivity contribution in [1.29, 1.82) is 0 Å². The molecule has 1 aromatic heterocycles. The van der Waals surface area contributed by atoms with Crippen molar-refractivity contribution in [3.63, 3.8) is 0 Å². The Hall–Kier alpha value is -1.23. The predicted octanol–water partition coefficient (Wildman–Crippen LogP) is 1.30. The van der Waals surface area contributed by atoms with Crippen LogP contribution in [0.4, 0.5) is 10.3 Å². The fraction of sp³-hybridized carbons (Fsp3) is 0.600. The van der Waals surface area contributed by atoms with E-state index in [1.807, 2.05) is 0 Å². The standard InChI is InChI=1S/C10H15FN4/c11-7-5-13-10(14-6-7)15-9-4-2-1-3-8(9)12/h5-6,8-9H,1-4,12H2,(H,13,14,15)/t8-,9-/m1/s1. The topological polar surface area (TPSA) is 63.8 Å². The minimum Gasteiger partial charge on any atom is -0.350 e.